The molecule has 0 saturated heterocycles. The zero-order valence-corrected chi connectivity index (χ0v) is 11.9. The van der Waals surface area contributed by atoms with Crippen LogP contribution in [0, 0.1) is 0 Å². The van der Waals surface area contributed by atoms with E-state index in [0.717, 1.165) is 0 Å². The minimum Gasteiger partial charge on any atom is -0.744 e. The summed E-state index contributed by atoms with van der Waals surface area (Å²) in [5, 5.41) is 0.747. The van der Waals surface area contributed by atoms with Crippen molar-refractivity contribution in [1.29, 1.82) is 0 Å². The number of carbonyl (C=O) groups is 1. The SMILES string of the molecule is O=Cc1cccc2c(S(=O)(=O)[O-])cccc12.[Na+]. The van der Waals surface area contributed by atoms with Gasteiger partial charge in [0.25, 0.3) is 0 Å². The second kappa shape index (κ2) is 5.29. The van der Waals surface area contributed by atoms with E-state index in [4.69, 9.17) is 0 Å². The molecule has 17 heavy (non-hydrogen) atoms. The van der Waals surface area contributed by atoms with Crippen molar-refractivity contribution < 1.29 is 47.3 Å². The van der Waals surface area contributed by atoms with Crippen LogP contribution in [0.4, 0.5) is 0 Å². The van der Waals surface area contributed by atoms with Crippen LogP contribution < -0.4 is 29.6 Å². The van der Waals surface area contributed by atoms with Crippen molar-refractivity contribution in [1.82, 2.24) is 0 Å². The molecule has 0 bridgehead atoms. The van der Waals surface area contributed by atoms with E-state index in [0.29, 0.717) is 17.2 Å². The van der Waals surface area contributed by atoms with E-state index in [-0.39, 0.29) is 39.8 Å². The van der Waals surface area contributed by atoms with E-state index in [2.05, 4.69) is 0 Å². The van der Waals surface area contributed by atoms with Gasteiger partial charge in [0.15, 0.2) is 6.29 Å². The molecule has 0 amide bonds. The molecule has 0 atom stereocenters. The molecular formula is C11H7NaO4S. The van der Waals surface area contributed by atoms with Crippen LogP contribution in [-0.2, 0) is 10.1 Å². The van der Waals surface area contributed by atoms with Gasteiger partial charge in [-0.2, -0.15) is 0 Å². The topological polar surface area (TPSA) is 74.3 Å². The first-order chi connectivity index (χ1) is 7.54. The summed E-state index contributed by atoms with van der Waals surface area (Å²) >= 11 is 0. The molecule has 2 aromatic rings. The monoisotopic (exact) mass is 258 g/mol. The molecule has 0 aliphatic carbocycles. The second-order valence-corrected chi connectivity index (χ2v) is 4.62. The Morgan fingerprint density at radius 1 is 1.00 bits per heavy atom. The van der Waals surface area contributed by atoms with Gasteiger partial charge in [-0.15, -0.1) is 0 Å². The Morgan fingerprint density at radius 2 is 1.59 bits per heavy atom. The molecule has 0 aliphatic rings. The van der Waals surface area contributed by atoms with Crippen LogP contribution in [-0.4, -0.2) is 19.3 Å². The van der Waals surface area contributed by atoms with Gasteiger partial charge < -0.3 is 4.55 Å². The zero-order chi connectivity index (χ0) is 11.8. The first kappa shape index (κ1) is 14.3. The van der Waals surface area contributed by atoms with E-state index >= 15 is 0 Å². The average Bonchev–Trinajstić information content (AvgIpc) is 2.26. The van der Waals surface area contributed by atoms with Crippen molar-refractivity contribution >= 4 is 27.2 Å². The normalized spacial score (nSPS) is 10.9. The molecule has 0 radical (unpaired) electrons. The molecule has 0 unspecified atom stereocenters. The van der Waals surface area contributed by atoms with Crippen molar-refractivity contribution in [3.05, 3.63) is 42.0 Å². The number of aldehydes is 1. The number of hydrogen-bond acceptors (Lipinski definition) is 4. The molecule has 82 valence electrons. The molecule has 0 spiro atoms. The minimum atomic E-state index is -4.52. The van der Waals surface area contributed by atoms with Crippen molar-refractivity contribution in [3.63, 3.8) is 0 Å². The van der Waals surface area contributed by atoms with E-state index < -0.39 is 10.1 Å². The Kier molecular flexibility index (Phi) is 4.46. The molecule has 0 N–H and O–H groups in total. The molecule has 2 rings (SSSR count). The Morgan fingerprint density at radius 3 is 2.18 bits per heavy atom. The Labute approximate surface area is 121 Å². The van der Waals surface area contributed by atoms with E-state index in [1.165, 1.54) is 18.2 Å². The average molecular weight is 258 g/mol. The Hall–Kier alpha value is -0.720. The van der Waals surface area contributed by atoms with Crippen molar-refractivity contribution in [2.24, 2.45) is 0 Å². The summed E-state index contributed by atoms with van der Waals surface area (Å²) in [6.07, 6.45) is 0.629. The molecule has 0 aliphatic heterocycles. The van der Waals surface area contributed by atoms with Crippen LogP contribution in [0.2, 0.25) is 0 Å². The van der Waals surface area contributed by atoms with Crippen LogP contribution in [0.5, 0.6) is 0 Å². The maximum atomic E-state index is 11.0. The van der Waals surface area contributed by atoms with Gasteiger partial charge in [0.1, 0.15) is 10.1 Å². The van der Waals surface area contributed by atoms with Gasteiger partial charge in [0.2, 0.25) is 0 Å². The number of hydrogen-bond donors (Lipinski definition) is 0. The van der Waals surface area contributed by atoms with Crippen LogP contribution in [0.1, 0.15) is 10.4 Å². The molecule has 0 heterocycles. The van der Waals surface area contributed by atoms with Gasteiger partial charge in [-0.25, -0.2) is 8.42 Å². The third-order valence-corrected chi connectivity index (χ3v) is 3.21. The zero-order valence-electron chi connectivity index (χ0n) is 9.08. The van der Waals surface area contributed by atoms with Crippen LogP contribution in [0.25, 0.3) is 10.8 Å². The smallest absolute Gasteiger partial charge is 0.744 e. The van der Waals surface area contributed by atoms with Crippen LogP contribution >= 0.6 is 0 Å². The fourth-order valence-corrected chi connectivity index (χ4v) is 2.32. The second-order valence-electron chi connectivity index (χ2n) is 3.27. The molecule has 6 heteroatoms. The molecule has 4 nitrogen and oxygen atoms in total. The molecule has 0 aromatic heterocycles. The van der Waals surface area contributed by atoms with E-state index in [1.54, 1.807) is 18.2 Å². The first-order valence-electron chi connectivity index (χ1n) is 4.47. The number of carbonyl (C=O) groups excluding carboxylic acids is 1. The molecule has 0 fully saturated rings. The summed E-state index contributed by atoms with van der Waals surface area (Å²) in [5.41, 5.74) is 0.364. The number of fused-ring (bicyclic) bond motifs is 1. The van der Waals surface area contributed by atoms with Crippen LogP contribution in [0.3, 0.4) is 0 Å². The van der Waals surface area contributed by atoms with Crippen molar-refractivity contribution in [2.45, 2.75) is 4.90 Å². The fourth-order valence-electron chi connectivity index (χ4n) is 1.63. The van der Waals surface area contributed by atoms with Crippen LogP contribution in [0.15, 0.2) is 41.3 Å². The minimum absolute atomic E-state index is 0. The molecule has 0 saturated carbocycles. The first-order valence-corrected chi connectivity index (χ1v) is 5.87. The standard InChI is InChI=1S/C11H8O4S.Na/c12-7-8-3-1-5-10-9(8)4-2-6-11(10)16(13,14)15;/h1-7H,(H,13,14,15);/q;+1/p-1. The summed E-state index contributed by atoms with van der Waals surface area (Å²) in [6, 6.07) is 8.90. The Balaban J connectivity index is 0.00000144. The van der Waals surface area contributed by atoms with Gasteiger partial charge in [-0.1, -0.05) is 30.3 Å². The van der Waals surface area contributed by atoms with E-state index in [9.17, 15) is 17.8 Å². The maximum absolute atomic E-state index is 11.0. The van der Waals surface area contributed by atoms with Crippen molar-refractivity contribution in [2.75, 3.05) is 0 Å². The van der Waals surface area contributed by atoms with Crippen molar-refractivity contribution in [3.8, 4) is 0 Å². The quantitative estimate of drug-likeness (QED) is 0.376. The van der Waals surface area contributed by atoms with Gasteiger partial charge in [0, 0.05) is 5.56 Å². The number of benzene rings is 2. The van der Waals surface area contributed by atoms with Gasteiger partial charge in [-0.3, -0.25) is 4.79 Å². The fraction of sp³-hybridized carbons (Fsp3) is 0. The largest absolute Gasteiger partial charge is 1.00 e. The number of rotatable bonds is 2. The molecule has 2 aromatic carbocycles. The predicted molar refractivity (Wildman–Crippen MR) is 57.3 cm³/mol. The maximum Gasteiger partial charge on any atom is 1.00 e. The third kappa shape index (κ3) is 2.75. The van der Waals surface area contributed by atoms with Gasteiger partial charge >= 0.3 is 29.6 Å². The van der Waals surface area contributed by atoms with Gasteiger partial charge in [0.05, 0.1) is 4.90 Å². The summed E-state index contributed by atoms with van der Waals surface area (Å²) in [7, 11) is -4.52. The summed E-state index contributed by atoms with van der Waals surface area (Å²) < 4.78 is 33.0. The Bertz CT molecular complexity index is 664. The summed E-state index contributed by atoms with van der Waals surface area (Å²) in [5.74, 6) is 0. The van der Waals surface area contributed by atoms with Gasteiger partial charge in [-0.05, 0) is 16.8 Å². The molecular weight excluding hydrogens is 251 g/mol. The third-order valence-electron chi connectivity index (χ3n) is 2.31. The summed E-state index contributed by atoms with van der Waals surface area (Å²) in [4.78, 5) is 10.5. The van der Waals surface area contributed by atoms with E-state index in [1.807, 2.05) is 0 Å². The predicted octanol–water partition coefficient (Wildman–Crippen LogP) is -1.44. The summed E-state index contributed by atoms with van der Waals surface area (Å²) in [6.45, 7) is 0.